The summed E-state index contributed by atoms with van der Waals surface area (Å²) in [6.07, 6.45) is 0. The Labute approximate surface area is 145 Å². The van der Waals surface area contributed by atoms with Gasteiger partial charge in [0.25, 0.3) is 0 Å². The summed E-state index contributed by atoms with van der Waals surface area (Å²) in [4.78, 5) is 12.8. The van der Waals surface area contributed by atoms with Crippen molar-refractivity contribution in [2.45, 2.75) is 38.5 Å². The van der Waals surface area contributed by atoms with E-state index in [-0.39, 0.29) is 11.7 Å². The number of fused-ring (bicyclic) bond motifs is 1. The van der Waals surface area contributed by atoms with E-state index in [2.05, 4.69) is 35.6 Å². The summed E-state index contributed by atoms with van der Waals surface area (Å²) in [6.45, 7) is 9.18. The Balaban J connectivity index is 1.88. The smallest absolute Gasteiger partial charge is 0.331 e. The summed E-state index contributed by atoms with van der Waals surface area (Å²) in [5.41, 5.74) is 1.84. The minimum atomic E-state index is -1.12. The van der Waals surface area contributed by atoms with Gasteiger partial charge in [-0.1, -0.05) is 35.6 Å². The fraction of sp³-hybridized carbons (Fsp3) is 0.562. The van der Waals surface area contributed by atoms with Crippen LogP contribution in [0.2, 0.25) is 25.7 Å². The zero-order chi connectivity index (χ0) is 16.6. The molecule has 0 bridgehead atoms. The number of benzene rings is 1. The van der Waals surface area contributed by atoms with Crippen molar-refractivity contribution in [2.75, 3.05) is 19.8 Å². The Bertz CT molecular complexity index is 759. The van der Waals surface area contributed by atoms with E-state index in [0.29, 0.717) is 26.6 Å². The molecule has 0 spiro atoms. The predicted octanol–water partition coefficient (Wildman–Crippen LogP) is 3.45. The molecule has 1 aromatic heterocycles. The van der Waals surface area contributed by atoms with E-state index in [1.165, 1.54) is 0 Å². The standard InChI is InChI=1S/C16H23BrN2O3Si/c1-23(2,3)7-6-21-11-18-15-8-12(17)4-5-14(15)19(16(18)20)13-9-22-10-13/h4-5,8,13H,6-7,9-11H2,1-3H3. The van der Waals surface area contributed by atoms with Gasteiger partial charge in [-0.25, -0.2) is 4.79 Å². The summed E-state index contributed by atoms with van der Waals surface area (Å²) >= 11 is 3.49. The molecule has 23 heavy (non-hydrogen) atoms. The summed E-state index contributed by atoms with van der Waals surface area (Å²) in [6, 6.07) is 7.16. The van der Waals surface area contributed by atoms with Crippen LogP contribution in [-0.2, 0) is 16.2 Å². The fourth-order valence-corrected chi connectivity index (χ4v) is 3.74. The minimum absolute atomic E-state index is 0.0144. The number of ether oxygens (including phenoxy) is 2. The van der Waals surface area contributed by atoms with Crippen LogP contribution in [0.15, 0.2) is 27.5 Å². The van der Waals surface area contributed by atoms with Crippen LogP contribution in [-0.4, -0.2) is 37.0 Å². The minimum Gasteiger partial charge on any atom is -0.377 e. The molecule has 1 aliphatic heterocycles. The second-order valence-corrected chi connectivity index (χ2v) is 13.8. The third-order valence-electron chi connectivity index (χ3n) is 4.13. The van der Waals surface area contributed by atoms with Gasteiger partial charge in [-0.15, -0.1) is 0 Å². The van der Waals surface area contributed by atoms with E-state index < -0.39 is 8.07 Å². The van der Waals surface area contributed by atoms with Crippen molar-refractivity contribution < 1.29 is 9.47 Å². The van der Waals surface area contributed by atoms with Crippen molar-refractivity contribution in [3.8, 4) is 0 Å². The molecular weight excluding hydrogens is 376 g/mol. The largest absolute Gasteiger partial charge is 0.377 e. The van der Waals surface area contributed by atoms with Crippen LogP contribution in [0.1, 0.15) is 6.04 Å². The molecule has 0 radical (unpaired) electrons. The first-order valence-electron chi connectivity index (χ1n) is 7.92. The monoisotopic (exact) mass is 398 g/mol. The zero-order valence-corrected chi connectivity index (χ0v) is 16.4. The highest BCUT2D eigenvalue weighted by Crippen LogP contribution is 2.25. The number of halogens is 1. The van der Waals surface area contributed by atoms with Gasteiger partial charge in [-0.05, 0) is 24.2 Å². The van der Waals surface area contributed by atoms with Crippen LogP contribution >= 0.6 is 15.9 Å². The first-order chi connectivity index (χ1) is 10.9. The average molecular weight is 399 g/mol. The highest BCUT2D eigenvalue weighted by atomic mass is 79.9. The van der Waals surface area contributed by atoms with Gasteiger partial charge in [0.2, 0.25) is 0 Å². The van der Waals surface area contributed by atoms with Crippen molar-refractivity contribution >= 4 is 35.0 Å². The van der Waals surface area contributed by atoms with Gasteiger partial charge in [0.05, 0.1) is 30.3 Å². The summed E-state index contributed by atoms with van der Waals surface area (Å²) < 4.78 is 15.6. The van der Waals surface area contributed by atoms with Gasteiger partial charge < -0.3 is 9.47 Å². The molecule has 1 aromatic carbocycles. The van der Waals surface area contributed by atoms with E-state index in [9.17, 15) is 4.79 Å². The number of rotatable bonds is 6. The first kappa shape index (κ1) is 16.9. The number of imidazole rings is 1. The van der Waals surface area contributed by atoms with Gasteiger partial charge in [0.15, 0.2) is 0 Å². The van der Waals surface area contributed by atoms with E-state index in [1.54, 1.807) is 4.57 Å². The maximum atomic E-state index is 12.8. The number of aromatic nitrogens is 2. The van der Waals surface area contributed by atoms with Crippen molar-refractivity contribution in [3.63, 3.8) is 0 Å². The molecule has 0 amide bonds. The molecule has 0 aliphatic carbocycles. The summed E-state index contributed by atoms with van der Waals surface area (Å²) in [5, 5.41) is 0. The third kappa shape index (κ3) is 3.62. The normalized spacial score (nSPS) is 16.0. The van der Waals surface area contributed by atoms with Gasteiger partial charge in [0.1, 0.15) is 6.73 Å². The predicted molar refractivity (Wildman–Crippen MR) is 97.9 cm³/mol. The number of hydrogen-bond donors (Lipinski definition) is 0. The van der Waals surface area contributed by atoms with Crippen LogP contribution < -0.4 is 5.69 Å². The molecule has 3 rings (SSSR count). The number of hydrogen-bond acceptors (Lipinski definition) is 3. The van der Waals surface area contributed by atoms with Crippen LogP contribution in [0.5, 0.6) is 0 Å². The van der Waals surface area contributed by atoms with E-state index in [1.807, 2.05) is 22.8 Å². The van der Waals surface area contributed by atoms with Gasteiger partial charge in [0, 0.05) is 19.2 Å². The van der Waals surface area contributed by atoms with Crippen LogP contribution in [0.25, 0.3) is 11.0 Å². The maximum absolute atomic E-state index is 12.8. The molecule has 1 saturated heterocycles. The van der Waals surface area contributed by atoms with Crippen molar-refractivity contribution in [2.24, 2.45) is 0 Å². The summed E-state index contributed by atoms with van der Waals surface area (Å²) in [5.74, 6) is 0. The molecule has 0 atom stereocenters. The molecule has 2 heterocycles. The molecule has 0 N–H and O–H groups in total. The summed E-state index contributed by atoms with van der Waals surface area (Å²) in [7, 11) is -1.12. The topological polar surface area (TPSA) is 45.4 Å². The lowest BCUT2D eigenvalue weighted by molar-refractivity contribution is -0.0238. The highest BCUT2D eigenvalue weighted by Gasteiger charge is 2.26. The van der Waals surface area contributed by atoms with E-state index in [4.69, 9.17) is 9.47 Å². The second kappa shape index (κ2) is 6.55. The molecule has 126 valence electrons. The van der Waals surface area contributed by atoms with Crippen molar-refractivity contribution in [3.05, 3.63) is 33.2 Å². The van der Waals surface area contributed by atoms with Gasteiger partial charge in [-0.3, -0.25) is 9.13 Å². The van der Waals surface area contributed by atoms with Crippen LogP contribution in [0, 0.1) is 0 Å². The molecule has 7 heteroatoms. The van der Waals surface area contributed by atoms with Crippen LogP contribution in [0.3, 0.4) is 0 Å². The lowest BCUT2D eigenvalue weighted by atomic mass is 10.2. The quantitative estimate of drug-likeness (QED) is 0.552. The van der Waals surface area contributed by atoms with E-state index >= 15 is 0 Å². The van der Waals surface area contributed by atoms with Crippen molar-refractivity contribution in [1.29, 1.82) is 0 Å². The lowest BCUT2D eigenvalue weighted by Crippen LogP contribution is -2.38. The molecule has 1 aliphatic rings. The number of nitrogens with zero attached hydrogens (tertiary/aromatic N) is 2. The Morgan fingerprint density at radius 1 is 1.30 bits per heavy atom. The van der Waals surface area contributed by atoms with Gasteiger partial charge in [-0.2, -0.15) is 0 Å². The first-order valence-corrected chi connectivity index (χ1v) is 12.4. The molecule has 0 unspecified atom stereocenters. The molecule has 0 saturated carbocycles. The maximum Gasteiger partial charge on any atom is 0.331 e. The van der Waals surface area contributed by atoms with Crippen LogP contribution in [0.4, 0.5) is 0 Å². The Kier molecular flexibility index (Phi) is 4.82. The second-order valence-electron chi connectivity index (χ2n) is 7.25. The Morgan fingerprint density at radius 3 is 2.65 bits per heavy atom. The molecular formula is C16H23BrN2O3Si. The van der Waals surface area contributed by atoms with Crippen molar-refractivity contribution in [1.82, 2.24) is 9.13 Å². The van der Waals surface area contributed by atoms with E-state index in [0.717, 1.165) is 21.6 Å². The molecule has 2 aromatic rings. The average Bonchev–Trinajstić information content (AvgIpc) is 2.65. The zero-order valence-electron chi connectivity index (χ0n) is 13.8. The highest BCUT2D eigenvalue weighted by molar-refractivity contribution is 9.10. The Hall–Kier alpha value is -0.893. The third-order valence-corrected chi connectivity index (χ3v) is 6.32. The SMILES string of the molecule is C[Si](C)(C)CCOCn1c(=O)n(C2COC2)c2ccc(Br)cc21. The fourth-order valence-electron chi connectivity index (χ4n) is 2.64. The molecule has 5 nitrogen and oxygen atoms in total. The molecule has 1 fully saturated rings. The Morgan fingerprint density at radius 2 is 2.04 bits per heavy atom. The lowest BCUT2D eigenvalue weighted by Gasteiger charge is -2.27. The van der Waals surface area contributed by atoms with Gasteiger partial charge >= 0.3 is 5.69 Å².